The van der Waals surface area contributed by atoms with E-state index in [1.807, 2.05) is 19.1 Å². The second-order valence-corrected chi connectivity index (χ2v) is 15.3. The summed E-state index contributed by atoms with van der Waals surface area (Å²) in [6.45, 7) is 13.8. The maximum Gasteiger partial charge on any atom is 0.291 e. The van der Waals surface area contributed by atoms with Gasteiger partial charge < -0.3 is 10.2 Å². The van der Waals surface area contributed by atoms with Crippen LogP contribution < -0.4 is 5.32 Å². The first-order valence-corrected chi connectivity index (χ1v) is 18.0. The van der Waals surface area contributed by atoms with Gasteiger partial charge in [0, 0.05) is 30.9 Å². The molecule has 1 aliphatic heterocycles. The molecule has 9 nitrogen and oxygen atoms in total. The number of carbonyl (C=O) groups is 2. The van der Waals surface area contributed by atoms with Gasteiger partial charge in [0.2, 0.25) is 0 Å². The van der Waals surface area contributed by atoms with Crippen molar-refractivity contribution in [3.63, 3.8) is 0 Å². The van der Waals surface area contributed by atoms with Crippen LogP contribution in [0.4, 0.5) is 0 Å². The highest BCUT2D eigenvalue weighted by Gasteiger charge is 2.52. The van der Waals surface area contributed by atoms with Gasteiger partial charge in [0.15, 0.2) is 17.4 Å². The number of amides is 1. The van der Waals surface area contributed by atoms with Crippen molar-refractivity contribution in [3.05, 3.63) is 76.7 Å². The number of ketones is 1. The van der Waals surface area contributed by atoms with E-state index in [0.29, 0.717) is 36.1 Å². The predicted molar refractivity (Wildman–Crippen MR) is 191 cm³/mol. The average molecular weight is 654 g/mol. The van der Waals surface area contributed by atoms with Gasteiger partial charge in [-0.3, -0.25) is 14.6 Å². The van der Waals surface area contributed by atoms with Gasteiger partial charge in [-0.25, -0.2) is 0 Å². The fraction of sp³-hybridized carbons (Fsp3) is 0.590. The van der Waals surface area contributed by atoms with Crippen LogP contribution in [0.2, 0.25) is 0 Å². The van der Waals surface area contributed by atoms with E-state index in [4.69, 9.17) is 4.99 Å². The molecule has 3 aliphatic rings. The zero-order valence-electron chi connectivity index (χ0n) is 29.9. The van der Waals surface area contributed by atoms with Crippen LogP contribution in [0.1, 0.15) is 134 Å². The van der Waals surface area contributed by atoms with Crippen molar-refractivity contribution in [2.24, 2.45) is 22.2 Å². The van der Waals surface area contributed by atoms with E-state index >= 15 is 0 Å². The predicted octanol–water partition coefficient (Wildman–Crippen LogP) is 7.87. The number of aromatic amines is 1. The number of benzene rings is 1. The van der Waals surface area contributed by atoms with Crippen LogP contribution in [0.3, 0.4) is 0 Å². The summed E-state index contributed by atoms with van der Waals surface area (Å²) < 4.78 is 0. The van der Waals surface area contributed by atoms with Gasteiger partial charge >= 0.3 is 0 Å². The van der Waals surface area contributed by atoms with E-state index in [-0.39, 0.29) is 29.1 Å². The molecule has 1 spiro atoms. The Labute approximate surface area is 286 Å². The number of carbonyl (C=O) groups excluding carboxylic acids is 2. The van der Waals surface area contributed by atoms with E-state index in [1.54, 1.807) is 0 Å². The van der Waals surface area contributed by atoms with Gasteiger partial charge in [0.05, 0.1) is 6.04 Å². The molecule has 48 heavy (non-hydrogen) atoms. The number of rotatable bonds is 14. The van der Waals surface area contributed by atoms with E-state index in [0.717, 1.165) is 69.8 Å². The van der Waals surface area contributed by atoms with E-state index in [9.17, 15) is 9.59 Å². The Morgan fingerprint density at radius 3 is 2.46 bits per heavy atom. The second-order valence-electron chi connectivity index (χ2n) is 15.3. The second kappa shape index (κ2) is 15.6. The molecule has 2 N–H and O–H groups in total. The van der Waals surface area contributed by atoms with Crippen molar-refractivity contribution >= 4 is 17.5 Å². The number of allylic oxidation sites excluding steroid dienone is 4. The molecule has 1 aromatic heterocycles. The lowest BCUT2D eigenvalue weighted by Crippen LogP contribution is -2.54. The number of Topliss-reactive ketones (excluding diaryl/α,β-unsaturated/α-hetero) is 1. The minimum Gasteiger partial charge on any atom is -0.343 e. The Morgan fingerprint density at radius 2 is 1.83 bits per heavy atom. The Hall–Kier alpha value is -3.88. The fourth-order valence-electron chi connectivity index (χ4n) is 7.27. The third-order valence-electron chi connectivity index (χ3n) is 10.2. The van der Waals surface area contributed by atoms with Crippen LogP contribution in [0, 0.1) is 17.3 Å². The highest BCUT2D eigenvalue weighted by Crippen LogP contribution is 2.45. The number of hydrogen-bond acceptors (Lipinski definition) is 6. The molecule has 9 heteroatoms. The van der Waals surface area contributed by atoms with Gasteiger partial charge in [-0.05, 0) is 74.7 Å². The normalized spacial score (nSPS) is 21.9. The molecule has 3 atom stereocenters. The zero-order valence-corrected chi connectivity index (χ0v) is 29.9. The van der Waals surface area contributed by atoms with Crippen molar-refractivity contribution in [2.75, 3.05) is 6.54 Å². The Morgan fingerprint density at radius 1 is 1.04 bits per heavy atom. The first kappa shape index (κ1) is 35.4. The number of tetrazole rings is 1. The molecule has 1 amide bonds. The largest absolute Gasteiger partial charge is 0.343 e. The minimum atomic E-state index is -0.530. The molecule has 0 bridgehead atoms. The van der Waals surface area contributed by atoms with Crippen LogP contribution >= 0.6 is 0 Å². The average Bonchev–Trinajstić information content (AvgIpc) is 3.68. The monoisotopic (exact) mass is 653 g/mol. The number of aliphatic imine (C=N–C) groups is 1. The fourth-order valence-corrected chi connectivity index (χ4v) is 7.27. The van der Waals surface area contributed by atoms with Crippen molar-refractivity contribution in [2.45, 2.75) is 124 Å². The lowest BCUT2D eigenvalue weighted by atomic mass is 9.76. The van der Waals surface area contributed by atoms with Crippen LogP contribution in [0.5, 0.6) is 0 Å². The van der Waals surface area contributed by atoms with Crippen LogP contribution in [0.15, 0.2) is 64.7 Å². The van der Waals surface area contributed by atoms with Crippen molar-refractivity contribution in [3.8, 4) is 0 Å². The zero-order chi connectivity index (χ0) is 34.3. The third-order valence-corrected chi connectivity index (χ3v) is 10.2. The maximum atomic E-state index is 14.5. The Kier molecular flexibility index (Phi) is 11.5. The van der Waals surface area contributed by atoms with Crippen molar-refractivity contribution in [1.29, 1.82) is 0 Å². The Bertz CT molecular complexity index is 1530. The number of nitrogens with zero attached hydrogens (tertiary/aromatic N) is 5. The SMILES string of the molecule is CC(C)CCC(c1ccc(C(=O)C(C)CCCc2nn[nH]n2)cc1)N1C(=O)C(=NCCC2=CCCC=C2)NC12CC=C(C(C)(C)C)CC2. The summed E-state index contributed by atoms with van der Waals surface area (Å²) in [6.07, 6.45) is 18.6. The van der Waals surface area contributed by atoms with Gasteiger partial charge in [0.25, 0.3) is 5.91 Å². The molecule has 5 rings (SSSR count). The molecule has 2 heterocycles. The molecule has 2 aromatic rings. The first-order chi connectivity index (χ1) is 23.0. The molecule has 258 valence electrons. The van der Waals surface area contributed by atoms with Crippen LogP contribution in [-0.2, 0) is 11.2 Å². The van der Waals surface area contributed by atoms with Crippen molar-refractivity contribution < 1.29 is 9.59 Å². The highest BCUT2D eigenvalue weighted by atomic mass is 16.2. The summed E-state index contributed by atoms with van der Waals surface area (Å²) in [6, 6.07) is 7.92. The van der Waals surface area contributed by atoms with E-state index in [2.05, 4.69) is 102 Å². The molecular weight excluding hydrogens is 598 g/mol. The number of hydrogen-bond donors (Lipinski definition) is 2. The smallest absolute Gasteiger partial charge is 0.291 e. The molecule has 1 aromatic carbocycles. The van der Waals surface area contributed by atoms with E-state index in [1.165, 1.54) is 11.1 Å². The molecule has 1 saturated heterocycles. The molecule has 3 unspecified atom stereocenters. The summed E-state index contributed by atoms with van der Waals surface area (Å²) in [5.41, 5.74) is 4.07. The molecule has 0 radical (unpaired) electrons. The standard InChI is InChI=1S/C39H55N7O2/c1-27(2)15-20-33(30-16-18-31(19-17-30)35(47)28(3)11-10-14-34-42-44-45-43-34)46-37(48)36(40-26-23-29-12-8-7-9-13-29)41-39(46)24-21-32(22-25-39)38(4,5)6/h8,12-13,16-19,21,27-28,33H,7,9-11,14-15,20,22-26H2,1-6H3,(H,40,41)(H,42,43,44,45). The van der Waals surface area contributed by atoms with Gasteiger partial charge in [-0.2, -0.15) is 5.21 Å². The van der Waals surface area contributed by atoms with Gasteiger partial charge in [0.1, 0.15) is 5.66 Å². The minimum absolute atomic E-state index is 0.0140. The van der Waals surface area contributed by atoms with Gasteiger partial charge in [-0.1, -0.05) is 106 Å². The van der Waals surface area contributed by atoms with E-state index < -0.39 is 5.66 Å². The summed E-state index contributed by atoms with van der Waals surface area (Å²) >= 11 is 0. The number of H-pyrrole nitrogens is 1. The summed E-state index contributed by atoms with van der Waals surface area (Å²) in [4.78, 5) is 34.9. The summed E-state index contributed by atoms with van der Waals surface area (Å²) in [5.74, 6) is 1.65. The van der Waals surface area contributed by atoms with Gasteiger partial charge in [-0.15, -0.1) is 10.2 Å². The quantitative estimate of drug-likeness (QED) is 0.158. The first-order valence-electron chi connectivity index (χ1n) is 18.0. The summed E-state index contributed by atoms with van der Waals surface area (Å²) in [5, 5.41) is 17.8. The van der Waals surface area contributed by atoms with Crippen LogP contribution in [-0.4, -0.2) is 55.3 Å². The topological polar surface area (TPSA) is 116 Å². The third kappa shape index (κ3) is 8.58. The highest BCUT2D eigenvalue weighted by molar-refractivity contribution is 6.40. The van der Waals surface area contributed by atoms with Crippen LogP contribution in [0.25, 0.3) is 0 Å². The number of amidine groups is 1. The molecule has 0 saturated carbocycles. The molecule has 2 aliphatic carbocycles. The Balaban J connectivity index is 1.39. The maximum absolute atomic E-state index is 14.5. The lowest BCUT2D eigenvalue weighted by molar-refractivity contribution is -0.131. The number of nitrogens with one attached hydrogen (secondary N) is 2. The molecule has 1 fully saturated rings. The van der Waals surface area contributed by atoms with Crippen molar-refractivity contribution in [1.82, 2.24) is 30.8 Å². The summed E-state index contributed by atoms with van der Waals surface area (Å²) in [7, 11) is 0. The number of aromatic nitrogens is 4. The lowest BCUT2D eigenvalue weighted by Gasteiger charge is -2.45. The molecular formula is C39H55N7O2. The number of aryl methyl sites for hydroxylation is 1.